The molecule has 1 aromatic heterocycles. The number of carbonyl (C=O) groups is 1. The van der Waals surface area contributed by atoms with Gasteiger partial charge in [0.1, 0.15) is 23.0 Å². The molecule has 0 amide bonds. The molecule has 0 saturated heterocycles. The van der Waals surface area contributed by atoms with Crippen molar-refractivity contribution in [1.29, 1.82) is 0 Å². The highest BCUT2D eigenvalue weighted by Gasteiger charge is 2.25. The van der Waals surface area contributed by atoms with Crippen molar-refractivity contribution in [2.75, 3.05) is 26.1 Å². The summed E-state index contributed by atoms with van der Waals surface area (Å²) in [7, 11) is 4.94. The number of carboxylic acid groups (broad SMARTS) is 1. The van der Waals surface area contributed by atoms with E-state index in [1.807, 2.05) is 48.5 Å². The van der Waals surface area contributed by atoms with E-state index in [0.29, 0.717) is 17.4 Å². The second-order valence-corrected chi connectivity index (χ2v) is 6.74. The number of carboxylic acids is 1. The van der Waals surface area contributed by atoms with Gasteiger partial charge in [-0.05, 0) is 30.2 Å². The molecular weight excluding hydrogens is 382 g/mol. The molecule has 0 aliphatic rings. The monoisotopic (exact) mass is 405 g/mol. The lowest BCUT2D eigenvalue weighted by Gasteiger charge is -2.20. The number of aromatic nitrogens is 2. The molecule has 0 spiro atoms. The number of aryl methyl sites for hydroxylation is 1. The van der Waals surface area contributed by atoms with E-state index in [1.165, 1.54) is 7.11 Å². The number of rotatable bonds is 7. The van der Waals surface area contributed by atoms with Crippen LogP contribution in [0.2, 0.25) is 0 Å². The quantitative estimate of drug-likeness (QED) is 0.461. The predicted molar refractivity (Wildman–Crippen MR) is 116 cm³/mol. The zero-order valence-electron chi connectivity index (χ0n) is 17.3. The van der Waals surface area contributed by atoms with Gasteiger partial charge < -0.3 is 19.5 Å². The molecule has 7 nitrogen and oxygen atoms in total. The van der Waals surface area contributed by atoms with Crippen molar-refractivity contribution in [3.8, 4) is 22.8 Å². The minimum absolute atomic E-state index is 0.101. The minimum Gasteiger partial charge on any atom is -0.503 e. The molecule has 7 heteroatoms. The summed E-state index contributed by atoms with van der Waals surface area (Å²) in [5.74, 6) is 0.376. The first-order valence-electron chi connectivity index (χ1n) is 9.26. The zero-order valence-corrected chi connectivity index (χ0v) is 17.3. The second kappa shape index (κ2) is 9.09. The minimum atomic E-state index is -1.17. The second-order valence-electron chi connectivity index (χ2n) is 6.74. The molecular formula is C23H23N3O4. The number of hydrogen-bond acceptors (Lipinski definition) is 6. The number of nitrogens with zero attached hydrogens (tertiary/aromatic N) is 3. The molecule has 0 unspecified atom stereocenters. The van der Waals surface area contributed by atoms with E-state index in [9.17, 15) is 9.90 Å². The summed E-state index contributed by atoms with van der Waals surface area (Å²) in [6, 6.07) is 17.4. The Kier molecular flexibility index (Phi) is 6.32. The van der Waals surface area contributed by atoms with Crippen LogP contribution in [0, 0.1) is 6.92 Å². The molecule has 0 atom stereocenters. The van der Waals surface area contributed by atoms with Gasteiger partial charge in [0.25, 0.3) is 0 Å². The number of methoxy groups -OCH3 is 1. The van der Waals surface area contributed by atoms with Gasteiger partial charge in [-0.15, -0.1) is 0 Å². The Hall–Kier alpha value is -3.87. The van der Waals surface area contributed by atoms with Crippen LogP contribution in [-0.4, -0.2) is 42.2 Å². The first-order valence-corrected chi connectivity index (χ1v) is 9.26. The molecule has 0 aliphatic carbocycles. The van der Waals surface area contributed by atoms with Crippen LogP contribution >= 0.6 is 0 Å². The predicted octanol–water partition coefficient (Wildman–Crippen LogP) is 4.38. The Morgan fingerprint density at radius 2 is 1.73 bits per heavy atom. The van der Waals surface area contributed by atoms with Crippen LogP contribution in [-0.2, 0) is 9.53 Å². The third-order valence-electron chi connectivity index (χ3n) is 4.28. The fourth-order valence-corrected chi connectivity index (χ4v) is 2.98. The maximum atomic E-state index is 11.9. The molecule has 0 radical (unpaired) electrons. The van der Waals surface area contributed by atoms with Crippen molar-refractivity contribution in [3.63, 3.8) is 0 Å². The summed E-state index contributed by atoms with van der Waals surface area (Å²) < 4.78 is 11.1. The van der Waals surface area contributed by atoms with Gasteiger partial charge in [-0.2, -0.15) is 4.98 Å². The molecule has 0 aliphatic heterocycles. The lowest BCUT2D eigenvalue weighted by Crippen LogP contribution is -2.17. The number of anilines is 1. The Morgan fingerprint density at radius 3 is 2.37 bits per heavy atom. The largest absolute Gasteiger partial charge is 0.503 e. The van der Waals surface area contributed by atoms with E-state index in [2.05, 4.69) is 9.97 Å². The average molecular weight is 405 g/mol. The topological polar surface area (TPSA) is 84.8 Å². The molecule has 0 fully saturated rings. The van der Waals surface area contributed by atoms with Crippen molar-refractivity contribution in [1.82, 2.24) is 9.97 Å². The van der Waals surface area contributed by atoms with Crippen molar-refractivity contribution < 1.29 is 19.4 Å². The van der Waals surface area contributed by atoms with E-state index in [0.717, 1.165) is 17.4 Å². The van der Waals surface area contributed by atoms with Crippen LogP contribution in [0.1, 0.15) is 11.4 Å². The van der Waals surface area contributed by atoms with E-state index in [4.69, 9.17) is 9.47 Å². The Labute approximate surface area is 175 Å². The summed E-state index contributed by atoms with van der Waals surface area (Å²) in [5, 5.41) is 9.74. The Bertz CT molecular complexity index is 1080. The maximum Gasteiger partial charge on any atom is 0.339 e. The van der Waals surface area contributed by atoms with E-state index < -0.39 is 5.97 Å². The van der Waals surface area contributed by atoms with Crippen molar-refractivity contribution in [2.45, 2.75) is 6.92 Å². The molecule has 2 aromatic carbocycles. The average Bonchev–Trinajstić information content (AvgIpc) is 2.73. The summed E-state index contributed by atoms with van der Waals surface area (Å²) >= 11 is 0. The van der Waals surface area contributed by atoms with Gasteiger partial charge in [0.05, 0.1) is 18.9 Å². The van der Waals surface area contributed by atoms with Gasteiger partial charge in [-0.3, -0.25) is 0 Å². The fourth-order valence-electron chi connectivity index (χ4n) is 2.98. The van der Waals surface area contributed by atoms with Gasteiger partial charge in [0, 0.05) is 14.1 Å². The smallest absolute Gasteiger partial charge is 0.339 e. The standard InChI is InChI=1S/C23H23N3O4/c1-15-24-21(26(2)3)20(19(14-29-4)23(27)28)22(25-15)30-18-12-8-11-17(13-18)16-9-6-5-7-10-16/h5-14H,1-4H3,(H,27,28)/b19-14-. The molecule has 0 bridgehead atoms. The molecule has 30 heavy (non-hydrogen) atoms. The van der Waals surface area contributed by atoms with Crippen LogP contribution in [0.25, 0.3) is 16.7 Å². The fraction of sp³-hybridized carbons (Fsp3) is 0.174. The first-order chi connectivity index (χ1) is 14.4. The highest BCUT2D eigenvalue weighted by molar-refractivity contribution is 6.17. The van der Waals surface area contributed by atoms with Gasteiger partial charge in [0.2, 0.25) is 5.88 Å². The van der Waals surface area contributed by atoms with Gasteiger partial charge in [0.15, 0.2) is 0 Å². The highest BCUT2D eigenvalue weighted by Crippen LogP contribution is 2.36. The summed E-state index contributed by atoms with van der Waals surface area (Å²) in [4.78, 5) is 22.4. The number of aliphatic carboxylic acids is 1. The third-order valence-corrected chi connectivity index (χ3v) is 4.28. The highest BCUT2D eigenvalue weighted by atomic mass is 16.5. The molecule has 0 saturated carbocycles. The van der Waals surface area contributed by atoms with Gasteiger partial charge in [-0.1, -0.05) is 42.5 Å². The van der Waals surface area contributed by atoms with Crippen molar-refractivity contribution in [2.24, 2.45) is 0 Å². The maximum absolute atomic E-state index is 11.9. The number of ether oxygens (including phenoxy) is 2. The third kappa shape index (κ3) is 4.57. The van der Waals surface area contributed by atoms with Crippen LogP contribution in [0.5, 0.6) is 11.6 Å². The van der Waals surface area contributed by atoms with Crippen molar-refractivity contribution in [3.05, 3.63) is 72.2 Å². The van der Waals surface area contributed by atoms with E-state index >= 15 is 0 Å². The lowest BCUT2D eigenvalue weighted by molar-refractivity contribution is -0.130. The number of benzene rings is 2. The van der Waals surface area contributed by atoms with Crippen LogP contribution in [0.3, 0.4) is 0 Å². The van der Waals surface area contributed by atoms with E-state index in [1.54, 1.807) is 32.0 Å². The molecule has 3 aromatic rings. The number of hydrogen-bond donors (Lipinski definition) is 1. The molecule has 1 heterocycles. The lowest BCUT2D eigenvalue weighted by atomic mass is 10.1. The van der Waals surface area contributed by atoms with Crippen LogP contribution in [0.15, 0.2) is 60.9 Å². The molecule has 3 rings (SSSR count). The van der Waals surface area contributed by atoms with Gasteiger partial charge >= 0.3 is 5.97 Å². The normalized spacial score (nSPS) is 11.1. The van der Waals surface area contributed by atoms with Crippen LogP contribution < -0.4 is 9.64 Å². The first kappa shape index (κ1) is 20.9. The molecule has 1 N–H and O–H groups in total. The Balaban J connectivity index is 2.12. The van der Waals surface area contributed by atoms with Gasteiger partial charge in [-0.25, -0.2) is 9.78 Å². The Morgan fingerprint density at radius 1 is 1.03 bits per heavy atom. The summed E-state index contributed by atoms with van der Waals surface area (Å²) in [6.07, 6.45) is 1.15. The van der Waals surface area contributed by atoms with Crippen LogP contribution in [0.4, 0.5) is 5.82 Å². The van der Waals surface area contributed by atoms with Crippen molar-refractivity contribution >= 4 is 17.4 Å². The SMILES string of the molecule is CO/C=C(\C(=O)O)c1c(Oc2cccc(-c3ccccc3)c2)nc(C)nc1N(C)C. The summed E-state index contributed by atoms with van der Waals surface area (Å²) in [5.41, 5.74) is 2.15. The molecule has 154 valence electrons. The zero-order chi connectivity index (χ0) is 21.7. The summed E-state index contributed by atoms with van der Waals surface area (Å²) in [6.45, 7) is 1.73. The van der Waals surface area contributed by atoms with E-state index in [-0.39, 0.29) is 17.0 Å².